The number of imide groups is 1. The lowest BCUT2D eigenvalue weighted by atomic mass is 10.2. The number of rotatable bonds is 7. The SMILES string of the molecule is CCN(CC(F)(F)F)C(=O)NC(=O)CCCCC(=O)O. The second-order valence-electron chi connectivity index (χ2n) is 4.08. The Morgan fingerprint density at radius 3 is 2.15 bits per heavy atom. The Kier molecular flexibility index (Phi) is 7.63. The Morgan fingerprint density at radius 1 is 1.15 bits per heavy atom. The Labute approximate surface area is 113 Å². The van der Waals surface area contributed by atoms with Gasteiger partial charge in [-0.3, -0.25) is 14.9 Å². The number of unbranched alkanes of at least 4 members (excludes halogenated alkanes) is 1. The highest BCUT2D eigenvalue weighted by molar-refractivity contribution is 5.94. The number of carbonyl (C=O) groups is 3. The third-order valence-corrected chi connectivity index (χ3v) is 2.33. The lowest BCUT2D eigenvalue weighted by Gasteiger charge is -2.22. The van der Waals surface area contributed by atoms with Crippen LogP contribution in [-0.4, -0.2) is 47.2 Å². The van der Waals surface area contributed by atoms with Crippen LogP contribution in [0.2, 0.25) is 0 Å². The molecule has 0 aromatic carbocycles. The van der Waals surface area contributed by atoms with Gasteiger partial charge in [0.25, 0.3) is 0 Å². The van der Waals surface area contributed by atoms with E-state index in [1.165, 1.54) is 6.92 Å². The molecule has 0 spiro atoms. The van der Waals surface area contributed by atoms with E-state index in [2.05, 4.69) is 0 Å². The molecule has 0 aromatic rings. The van der Waals surface area contributed by atoms with Gasteiger partial charge >= 0.3 is 18.2 Å². The van der Waals surface area contributed by atoms with Crippen LogP contribution in [0.25, 0.3) is 0 Å². The number of urea groups is 1. The maximum absolute atomic E-state index is 12.2. The second kappa shape index (κ2) is 8.39. The summed E-state index contributed by atoms with van der Waals surface area (Å²) in [6.07, 6.45) is -4.23. The van der Waals surface area contributed by atoms with Crippen LogP contribution in [0.1, 0.15) is 32.6 Å². The topological polar surface area (TPSA) is 86.7 Å². The third-order valence-electron chi connectivity index (χ3n) is 2.33. The minimum atomic E-state index is -4.53. The van der Waals surface area contributed by atoms with E-state index in [0.717, 1.165) is 0 Å². The number of hydrogen-bond acceptors (Lipinski definition) is 3. The molecule has 0 unspecified atom stereocenters. The molecule has 0 radical (unpaired) electrons. The van der Waals surface area contributed by atoms with Crippen LogP contribution in [0.4, 0.5) is 18.0 Å². The molecule has 0 aromatic heterocycles. The molecule has 116 valence electrons. The van der Waals surface area contributed by atoms with Gasteiger partial charge in [0.05, 0.1) is 0 Å². The highest BCUT2D eigenvalue weighted by Crippen LogP contribution is 2.16. The van der Waals surface area contributed by atoms with E-state index in [-0.39, 0.29) is 32.2 Å². The molecule has 0 saturated heterocycles. The number of hydrogen-bond donors (Lipinski definition) is 2. The second-order valence-corrected chi connectivity index (χ2v) is 4.08. The summed E-state index contributed by atoms with van der Waals surface area (Å²) in [6.45, 7) is -0.248. The molecular weight excluding hydrogens is 281 g/mol. The summed E-state index contributed by atoms with van der Waals surface area (Å²) in [4.78, 5) is 33.4. The standard InChI is InChI=1S/C11H17F3N2O4/c1-2-16(7-11(12,13)14)10(20)15-8(17)5-3-4-6-9(18)19/h2-7H2,1H3,(H,18,19)(H,15,17,20). The van der Waals surface area contributed by atoms with Crippen molar-refractivity contribution < 1.29 is 32.7 Å². The smallest absolute Gasteiger partial charge is 0.406 e. The molecule has 0 saturated carbocycles. The van der Waals surface area contributed by atoms with Crippen molar-refractivity contribution in [3.8, 4) is 0 Å². The summed E-state index contributed by atoms with van der Waals surface area (Å²) >= 11 is 0. The van der Waals surface area contributed by atoms with Crippen LogP contribution < -0.4 is 5.32 Å². The maximum atomic E-state index is 12.2. The van der Waals surface area contributed by atoms with Gasteiger partial charge in [-0.05, 0) is 19.8 Å². The summed E-state index contributed by atoms with van der Waals surface area (Å²) in [7, 11) is 0. The molecule has 0 fully saturated rings. The van der Waals surface area contributed by atoms with Crippen LogP contribution in [0.5, 0.6) is 0 Å². The van der Waals surface area contributed by atoms with E-state index in [9.17, 15) is 27.6 Å². The van der Waals surface area contributed by atoms with E-state index in [4.69, 9.17) is 5.11 Å². The van der Waals surface area contributed by atoms with E-state index in [0.29, 0.717) is 4.90 Å². The van der Waals surface area contributed by atoms with Gasteiger partial charge in [-0.25, -0.2) is 4.79 Å². The molecule has 9 heteroatoms. The van der Waals surface area contributed by atoms with E-state index in [1.54, 1.807) is 0 Å². The van der Waals surface area contributed by atoms with Crippen molar-refractivity contribution in [1.82, 2.24) is 10.2 Å². The molecule has 0 rings (SSSR count). The number of carboxylic acids is 1. The molecule has 0 aliphatic heterocycles. The van der Waals surface area contributed by atoms with Crippen LogP contribution in [0.3, 0.4) is 0 Å². The number of alkyl halides is 3. The quantitative estimate of drug-likeness (QED) is 0.701. The first-order valence-corrected chi connectivity index (χ1v) is 6.03. The zero-order chi connectivity index (χ0) is 15.8. The predicted octanol–water partition coefficient (Wildman–Crippen LogP) is 1.75. The molecule has 20 heavy (non-hydrogen) atoms. The summed E-state index contributed by atoms with van der Waals surface area (Å²) in [5.74, 6) is -1.72. The Morgan fingerprint density at radius 2 is 1.70 bits per heavy atom. The monoisotopic (exact) mass is 298 g/mol. The number of carboxylic acid groups (broad SMARTS) is 1. The minimum absolute atomic E-state index is 0.101. The zero-order valence-electron chi connectivity index (χ0n) is 11.0. The zero-order valence-corrected chi connectivity index (χ0v) is 11.0. The van der Waals surface area contributed by atoms with Gasteiger partial charge < -0.3 is 10.0 Å². The largest absolute Gasteiger partial charge is 0.481 e. The van der Waals surface area contributed by atoms with Gasteiger partial charge in [0.1, 0.15) is 6.54 Å². The van der Waals surface area contributed by atoms with E-state index in [1.807, 2.05) is 5.32 Å². The van der Waals surface area contributed by atoms with Crippen molar-refractivity contribution in [3.05, 3.63) is 0 Å². The molecule has 3 amide bonds. The van der Waals surface area contributed by atoms with Crippen molar-refractivity contribution in [1.29, 1.82) is 0 Å². The van der Waals surface area contributed by atoms with Gasteiger partial charge in [-0.2, -0.15) is 13.2 Å². The lowest BCUT2D eigenvalue weighted by Crippen LogP contribution is -2.46. The van der Waals surface area contributed by atoms with Crippen LogP contribution in [-0.2, 0) is 9.59 Å². The number of nitrogens with zero attached hydrogens (tertiary/aromatic N) is 1. The van der Waals surface area contributed by atoms with Crippen LogP contribution in [0.15, 0.2) is 0 Å². The molecule has 6 nitrogen and oxygen atoms in total. The fourth-order valence-electron chi connectivity index (χ4n) is 1.37. The van der Waals surface area contributed by atoms with Gasteiger partial charge in [-0.1, -0.05) is 0 Å². The van der Waals surface area contributed by atoms with Gasteiger partial charge in [0.15, 0.2) is 0 Å². The molecule has 2 N–H and O–H groups in total. The average molecular weight is 298 g/mol. The molecule has 0 aliphatic carbocycles. The van der Waals surface area contributed by atoms with Crippen molar-refractivity contribution in [3.63, 3.8) is 0 Å². The number of halogens is 3. The first kappa shape index (κ1) is 18.2. The highest BCUT2D eigenvalue weighted by Gasteiger charge is 2.32. The van der Waals surface area contributed by atoms with Gasteiger partial charge in [0.2, 0.25) is 5.91 Å². The fourth-order valence-corrected chi connectivity index (χ4v) is 1.37. The molecule has 0 aliphatic rings. The first-order chi connectivity index (χ1) is 9.15. The minimum Gasteiger partial charge on any atom is -0.481 e. The summed E-state index contributed by atoms with van der Waals surface area (Å²) in [5, 5.41) is 10.2. The van der Waals surface area contributed by atoms with Crippen LogP contribution >= 0.6 is 0 Å². The summed E-state index contributed by atoms with van der Waals surface area (Å²) < 4.78 is 36.5. The lowest BCUT2D eigenvalue weighted by molar-refractivity contribution is -0.140. The van der Waals surface area contributed by atoms with E-state index >= 15 is 0 Å². The molecule has 0 atom stereocenters. The average Bonchev–Trinajstić information content (AvgIpc) is 2.30. The first-order valence-electron chi connectivity index (χ1n) is 6.03. The number of nitrogens with one attached hydrogen (secondary N) is 1. The molecule has 0 heterocycles. The Balaban J connectivity index is 4.10. The van der Waals surface area contributed by atoms with Gasteiger partial charge in [-0.15, -0.1) is 0 Å². The Bertz CT molecular complexity index is 358. The van der Waals surface area contributed by atoms with Crippen molar-refractivity contribution in [2.45, 2.75) is 38.8 Å². The normalized spacial score (nSPS) is 11.0. The van der Waals surface area contributed by atoms with Crippen molar-refractivity contribution in [2.24, 2.45) is 0 Å². The Hall–Kier alpha value is -1.80. The number of carbonyl (C=O) groups excluding carboxylic acids is 2. The van der Waals surface area contributed by atoms with Crippen molar-refractivity contribution in [2.75, 3.05) is 13.1 Å². The third kappa shape index (κ3) is 9.17. The van der Waals surface area contributed by atoms with Gasteiger partial charge in [0, 0.05) is 19.4 Å². The predicted molar refractivity (Wildman–Crippen MR) is 62.9 cm³/mol. The van der Waals surface area contributed by atoms with Crippen molar-refractivity contribution >= 4 is 17.9 Å². The number of amides is 3. The summed E-state index contributed by atoms with van der Waals surface area (Å²) in [6, 6.07) is -1.10. The maximum Gasteiger partial charge on any atom is 0.406 e. The fraction of sp³-hybridized carbons (Fsp3) is 0.727. The summed E-state index contributed by atoms with van der Waals surface area (Å²) in [5.41, 5.74) is 0. The highest BCUT2D eigenvalue weighted by atomic mass is 19.4. The molecular formula is C11H17F3N2O4. The molecule has 0 bridgehead atoms. The number of aliphatic carboxylic acids is 1. The van der Waals surface area contributed by atoms with E-state index < -0.39 is 30.6 Å². The van der Waals surface area contributed by atoms with Crippen LogP contribution in [0, 0.1) is 0 Å².